The van der Waals surface area contributed by atoms with Gasteiger partial charge in [0.25, 0.3) is 0 Å². The number of carboxylic acid groups (broad SMARTS) is 1. The molecule has 76 valence electrons. The summed E-state index contributed by atoms with van der Waals surface area (Å²) in [6.45, 7) is 3.23. The largest absolute Gasteiger partial charge is 1.00 e. The monoisotopic (exact) mass is 252 g/mol. The fourth-order valence-electron chi connectivity index (χ4n) is 0.939. The van der Waals surface area contributed by atoms with E-state index in [9.17, 15) is 9.90 Å². The Kier molecular flexibility index (Phi) is 7.07. The zero-order chi connectivity index (χ0) is 10.7. The van der Waals surface area contributed by atoms with E-state index in [1.807, 2.05) is 6.92 Å². The number of benzene rings is 1. The molecular weight excluding hydrogens is 243 g/mol. The number of rotatable bonds is 3. The van der Waals surface area contributed by atoms with Gasteiger partial charge in [-0.2, -0.15) is 0 Å². The van der Waals surface area contributed by atoms with Gasteiger partial charge in [-0.3, -0.25) is 0 Å². The molecule has 0 aromatic heterocycles. The second-order valence-electron chi connectivity index (χ2n) is 2.99. The summed E-state index contributed by atoms with van der Waals surface area (Å²) in [6.07, 6.45) is -0.979. The molecule has 3 nitrogen and oxygen atoms in total. The van der Waals surface area contributed by atoms with Crippen molar-refractivity contribution >= 4 is 17.6 Å². The van der Waals surface area contributed by atoms with Gasteiger partial charge in [-0.25, -0.2) is 0 Å². The van der Waals surface area contributed by atoms with E-state index in [2.05, 4.69) is 0 Å². The van der Waals surface area contributed by atoms with E-state index in [0.717, 1.165) is 5.56 Å². The molecule has 0 saturated heterocycles. The Bertz CT molecular complexity index is 355. The van der Waals surface area contributed by atoms with Crippen LogP contribution in [0.2, 0.25) is 5.02 Å². The van der Waals surface area contributed by atoms with Gasteiger partial charge in [0.05, 0.1) is 5.97 Å². The first-order chi connectivity index (χ1) is 6.50. The average molecular weight is 253 g/mol. The minimum absolute atomic E-state index is 0. The van der Waals surface area contributed by atoms with Gasteiger partial charge < -0.3 is 14.6 Å². The van der Waals surface area contributed by atoms with Crippen molar-refractivity contribution in [1.29, 1.82) is 0 Å². The van der Waals surface area contributed by atoms with Crippen LogP contribution in [0.5, 0.6) is 5.75 Å². The number of carbonyl (C=O) groups excluding carboxylic acids is 1. The number of carbonyl (C=O) groups is 1. The third-order valence-electron chi connectivity index (χ3n) is 1.79. The Morgan fingerprint density at radius 2 is 2.13 bits per heavy atom. The molecule has 0 aliphatic heterocycles. The molecule has 0 fully saturated rings. The molecule has 0 saturated carbocycles. The molecule has 0 heterocycles. The van der Waals surface area contributed by atoms with Crippen LogP contribution in [0.3, 0.4) is 0 Å². The van der Waals surface area contributed by atoms with Gasteiger partial charge in [0.2, 0.25) is 0 Å². The number of carboxylic acids is 1. The molecule has 1 aromatic rings. The molecule has 5 heteroatoms. The Balaban J connectivity index is 0.00000196. The third-order valence-corrected chi connectivity index (χ3v) is 2.02. The first-order valence-electron chi connectivity index (χ1n) is 4.14. The van der Waals surface area contributed by atoms with E-state index in [1.165, 1.54) is 6.92 Å². The number of aliphatic carboxylic acids is 1. The summed E-state index contributed by atoms with van der Waals surface area (Å²) in [6, 6.07) is 5.06. The molecule has 0 N–H and O–H groups in total. The van der Waals surface area contributed by atoms with E-state index in [-0.39, 0.29) is 51.4 Å². The van der Waals surface area contributed by atoms with E-state index in [1.54, 1.807) is 18.2 Å². The summed E-state index contributed by atoms with van der Waals surface area (Å²) in [5.74, 6) is -0.779. The fraction of sp³-hybridized carbons (Fsp3) is 0.300. The standard InChI is InChI=1S/C10H11ClO3.K/c1-6-3-4-8(11)5-9(6)14-7(2)10(12)13;/h3-5,7H,1-2H3,(H,12,13);/q;+1/p-1. The first kappa shape index (κ1) is 15.4. The van der Waals surface area contributed by atoms with E-state index < -0.39 is 12.1 Å². The van der Waals surface area contributed by atoms with Gasteiger partial charge >= 0.3 is 51.4 Å². The van der Waals surface area contributed by atoms with Crippen LogP contribution in [-0.2, 0) is 4.79 Å². The van der Waals surface area contributed by atoms with Crippen LogP contribution < -0.4 is 61.2 Å². The van der Waals surface area contributed by atoms with Crippen LogP contribution in [0, 0.1) is 6.92 Å². The summed E-state index contributed by atoms with van der Waals surface area (Å²) < 4.78 is 5.14. The van der Waals surface area contributed by atoms with Crippen molar-refractivity contribution in [2.45, 2.75) is 20.0 Å². The molecule has 1 aromatic carbocycles. The van der Waals surface area contributed by atoms with Gasteiger partial charge in [-0.05, 0) is 31.5 Å². The number of aryl methyl sites for hydroxylation is 1. The number of hydrogen-bond donors (Lipinski definition) is 0. The van der Waals surface area contributed by atoms with Crippen molar-refractivity contribution in [3.05, 3.63) is 28.8 Å². The maximum atomic E-state index is 10.4. The van der Waals surface area contributed by atoms with E-state index in [4.69, 9.17) is 16.3 Å². The molecule has 0 aliphatic rings. The Hall–Kier alpha value is 0.416. The Morgan fingerprint density at radius 1 is 1.53 bits per heavy atom. The van der Waals surface area contributed by atoms with Crippen molar-refractivity contribution < 1.29 is 66.0 Å². The smallest absolute Gasteiger partial charge is 0.546 e. The second kappa shape index (κ2) is 6.88. The van der Waals surface area contributed by atoms with Gasteiger partial charge in [-0.15, -0.1) is 0 Å². The molecule has 0 spiro atoms. The number of hydrogen-bond acceptors (Lipinski definition) is 3. The van der Waals surface area contributed by atoms with Crippen LogP contribution in [0.25, 0.3) is 0 Å². The van der Waals surface area contributed by atoms with E-state index in [0.29, 0.717) is 10.8 Å². The Morgan fingerprint density at radius 3 is 2.67 bits per heavy atom. The second-order valence-corrected chi connectivity index (χ2v) is 3.43. The molecular formula is C10H10ClKO3. The summed E-state index contributed by atoms with van der Waals surface area (Å²) in [7, 11) is 0. The summed E-state index contributed by atoms with van der Waals surface area (Å²) in [4.78, 5) is 10.4. The summed E-state index contributed by atoms with van der Waals surface area (Å²) in [5.41, 5.74) is 0.836. The molecule has 1 unspecified atom stereocenters. The van der Waals surface area contributed by atoms with Crippen molar-refractivity contribution in [1.82, 2.24) is 0 Å². The average Bonchev–Trinajstić information content (AvgIpc) is 2.11. The molecule has 1 atom stereocenters. The molecule has 15 heavy (non-hydrogen) atoms. The van der Waals surface area contributed by atoms with E-state index >= 15 is 0 Å². The van der Waals surface area contributed by atoms with Crippen molar-refractivity contribution in [2.24, 2.45) is 0 Å². The first-order valence-corrected chi connectivity index (χ1v) is 4.52. The quantitative estimate of drug-likeness (QED) is 0.595. The minimum Gasteiger partial charge on any atom is -0.546 e. The molecule has 0 aliphatic carbocycles. The molecule has 0 radical (unpaired) electrons. The topological polar surface area (TPSA) is 49.4 Å². The fourth-order valence-corrected chi connectivity index (χ4v) is 1.10. The molecule has 0 bridgehead atoms. The van der Waals surface area contributed by atoms with Crippen LogP contribution in [0.4, 0.5) is 0 Å². The van der Waals surface area contributed by atoms with Crippen molar-refractivity contribution in [3.63, 3.8) is 0 Å². The van der Waals surface area contributed by atoms with Gasteiger partial charge in [-0.1, -0.05) is 17.7 Å². The number of ether oxygens (including phenoxy) is 1. The zero-order valence-electron chi connectivity index (χ0n) is 8.91. The SMILES string of the molecule is Cc1ccc(Cl)cc1OC(C)C(=O)[O-].[K+]. The minimum atomic E-state index is -1.25. The van der Waals surface area contributed by atoms with Gasteiger partial charge in [0, 0.05) is 5.02 Å². The summed E-state index contributed by atoms with van der Waals surface area (Å²) >= 11 is 5.74. The van der Waals surface area contributed by atoms with Gasteiger partial charge in [0.1, 0.15) is 11.9 Å². The molecule has 1 rings (SSSR count). The third kappa shape index (κ3) is 4.85. The molecule has 0 amide bonds. The maximum absolute atomic E-state index is 10.4. The predicted octanol–water partition coefficient (Wildman–Crippen LogP) is -1.83. The summed E-state index contributed by atoms with van der Waals surface area (Å²) in [5, 5.41) is 10.9. The Labute approximate surface area is 136 Å². The van der Waals surface area contributed by atoms with Crippen LogP contribution in [0.1, 0.15) is 12.5 Å². The number of halogens is 1. The van der Waals surface area contributed by atoms with Crippen molar-refractivity contribution in [3.8, 4) is 5.75 Å². The van der Waals surface area contributed by atoms with Gasteiger partial charge in [0.15, 0.2) is 0 Å². The normalized spacial score (nSPS) is 11.4. The van der Waals surface area contributed by atoms with Crippen LogP contribution in [-0.4, -0.2) is 12.1 Å². The van der Waals surface area contributed by atoms with Crippen molar-refractivity contribution in [2.75, 3.05) is 0 Å². The maximum Gasteiger partial charge on any atom is 1.00 e. The van der Waals surface area contributed by atoms with Crippen LogP contribution in [0.15, 0.2) is 18.2 Å². The van der Waals surface area contributed by atoms with Crippen LogP contribution >= 0.6 is 11.6 Å². The predicted molar refractivity (Wildman–Crippen MR) is 51.3 cm³/mol. The zero-order valence-corrected chi connectivity index (χ0v) is 12.8.